The van der Waals surface area contributed by atoms with Gasteiger partial charge in [-0.25, -0.2) is 13.1 Å². The van der Waals surface area contributed by atoms with Gasteiger partial charge in [0.1, 0.15) is 11.8 Å². The molecule has 0 spiro atoms. The number of ether oxygens (including phenoxy) is 1. The number of hydrogen-bond acceptors (Lipinski definition) is 4. The molecule has 0 atom stereocenters. The number of nitriles is 1. The van der Waals surface area contributed by atoms with Crippen molar-refractivity contribution < 1.29 is 13.2 Å². The summed E-state index contributed by atoms with van der Waals surface area (Å²) in [6, 6.07) is 8.11. The Kier molecular flexibility index (Phi) is 5.73. The van der Waals surface area contributed by atoms with Crippen LogP contribution in [0.25, 0.3) is 16.5 Å². The van der Waals surface area contributed by atoms with Gasteiger partial charge in [-0.2, -0.15) is 5.26 Å². The maximum atomic E-state index is 11.3. The van der Waals surface area contributed by atoms with Crippen molar-refractivity contribution in [2.24, 2.45) is 0 Å². The van der Waals surface area contributed by atoms with Crippen LogP contribution in [0, 0.1) is 11.3 Å². The first-order chi connectivity index (χ1) is 13.4. The van der Waals surface area contributed by atoms with Crippen LogP contribution in [-0.4, -0.2) is 32.9 Å². The summed E-state index contributed by atoms with van der Waals surface area (Å²) in [4.78, 5) is 0. The van der Waals surface area contributed by atoms with Crippen LogP contribution in [0.2, 0.25) is 0 Å². The molecule has 2 aromatic rings. The average molecular weight is 398 g/mol. The predicted molar refractivity (Wildman–Crippen MR) is 112 cm³/mol. The van der Waals surface area contributed by atoms with Gasteiger partial charge in [0.25, 0.3) is 0 Å². The van der Waals surface area contributed by atoms with E-state index in [1.165, 1.54) is 0 Å². The van der Waals surface area contributed by atoms with Gasteiger partial charge in [-0.1, -0.05) is 24.3 Å². The fourth-order valence-electron chi connectivity index (χ4n) is 3.41. The number of fused-ring (bicyclic) bond motifs is 1. The molecule has 0 saturated heterocycles. The summed E-state index contributed by atoms with van der Waals surface area (Å²) in [6.45, 7) is 3.00. The van der Waals surface area contributed by atoms with E-state index < -0.39 is 10.0 Å². The summed E-state index contributed by atoms with van der Waals surface area (Å²) < 4.78 is 32.7. The third-order valence-corrected chi connectivity index (χ3v) is 5.38. The normalized spacial score (nSPS) is 14.4. The van der Waals surface area contributed by atoms with Crippen molar-refractivity contribution in [1.29, 1.82) is 5.26 Å². The third-order valence-electron chi connectivity index (χ3n) is 4.71. The minimum atomic E-state index is -3.25. The fraction of sp³-hybridized carbons (Fsp3) is 0.286. The molecule has 0 saturated carbocycles. The highest BCUT2D eigenvalue weighted by molar-refractivity contribution is 7.88. The quantitative estimate of drug-likeness (QED) is 0.810. The maximum Gasteiger partial charge on any atom is 0.209 e. The first-order valence-corrected chi connectivity index (χ1v) is 10.9. The first-order valence-electron chi connectivity index (χ1n) is 8.99. The number of allylic oxidation sites excluding steroid dienone is 4. The molecule has 1 N–H and O–H groups in total. The van der Waals surface area contributed by atoms with E-state index in [2.05, 4.69) is 15.4 Å². The van der Waals surface area contributed by atoms with Crippen LogP contribution in [0.15, 0.2) is 48.1 Å². The predicted octanol–water partition coefficient (Wildman–Crippen LogP) is 3.36. The van der Waals surface area contributed by atoms with E-state index in [-0.39, 0.29) is 6.54 Å². The molecule has 7 heteroatoms. The lowest BCUT2D eigenvalue weighted by Crippen LogP contribution is -2.23. The van der Waals surface area contributed by atoms with Gasteiger partial charge in [-0.3, -0.25) is 0 Å². The molecule has 146 valence electrons. The monoisotopic (exact) mass is 397 g/mol. The number of hydrogen-bond donors (Lipinski definition) is 1. The van der Waals surface area contributed by atoms with Crippen LogP contribution in [0.1, 0.15) is 24.6 Å². The summed E-state index contributed by atoms with van der Waals surface area (Å²) >= 11 is 0. The largest absolute Gasteiger partial charge is 0.497 e. The molecule has 0 aliphatic heterocycles. The van der Waals surface area contributed by atoms with Crippen molar-refractivity contribution in [3.05, 3.63) is 59.3 Å². The lowest BCUT2D eigenvalue weighted by atomic mass is 10.0. The van der Waals surface area contributed by atoms with E-state index in [1.54, 1.807) is 7.11 Å². The van der Waals surface area contributed by atoms with Crippen LogP contribution in [0.3, 0.4) is 0 Å². The van der Waals surface area contributed by atoms with Gasteiger partial charge < -0.3 is 9.30 Å². The second-order valence-electron chi connectivity index (χ2n) is 6.60. The van der Waals surface area contributed by atoms with Crippen LogP contribution in [0.4, 0.5) is 0 Å². The Bertz CT molecular complexity index is 1150. The first kappa shape index (κ1) is 19.9. The van der Waals surface area contributed by atoms with Gasteiger partial charge in [0, 0.05) is 24.5 Å². The molecule has 6 nitrogen and oxygen atoms in total. The molecule has 1 aliphatic carbocycles. The molecule has 0 unspecified atom stereocenters. The molecule has 1 aromatic heterocycles. The lowest BCUT2D eigenvalue weighted by Gasteiger charge is -2.11. The number of nitrogens with zero attached hydrogens (tertiary/aromatic N) is 2. The smallest absolute Gasteiger partial charge is 0.209 e. The number of aromatic nitrogens is 1. The molecular weight excluding hydrogens is 374 g/mol. The molecule has 0 radical (unpaired) electrons. The minimum absolute atomic E-state index is 0.234. The van der Waals surface area contributed by atoms with Crippen LogP contribution in [0.5, 0.6) is 5.75 Å². The average Bonchev–Trinajstić information content (AvgIpc) is 2.80. The third kappa shape index (κ3) is 4.03. The van der Waals surface area contributed by atoms with Crippen LogP contribution < -0.4 is 9.46 Å². The maximum absolute atomic E-state index is 11.3. The number of methoxy groups -OCH3 is 1. The lowest BCUT2D eigenvalue weighted by molar-refractivity contribution is 0.415. The molecule has 0 amide bonds. The van der Waals surface area contributed by atoms with E-state index in [0.717, 1.165) is 39.7 Å². The minimum Gasteiger partial charge on any atom is -0.497 e. The zero-order valence-corrected chi connectivity index (χ0v) is 17.0. The van der Waals surface area contributed by atoms with Crippen molar-refractivity contribution in [1.82, 2.24) is 9.29 Å². The fourth-order valence-corrected chi connectivity index (χ4v) is 3.84. The van der Waals surface area contributed by atoms with E-state index in [0.29, 0.717) is 18.5 Å². The van der Waals surface area contributed by atoms with Gasteiger partial charge >= 0.3 is 0 Å². The standard InChI is InChI=1S/C21H23N3O3S/c1-4-24-20-12-17(27-2)10-11-18(20)19(13-22)21(24)16-7-5-6-15(8-9-16)14-23-28(3,25)26/h5-6,8-12,23H,4,7,14H2,1-3H3. The molecular formula is C21H23N3O3S. The Hall–Kier alpha value is -2.82. The Morgan fingerprint density at radius 2 is 2.11 bits per heavy atom. The van der Waals surface area contributed by atoms with Crippen molar-refractivity contribution in [2.75, 3.05) is 19.9 Å². The van der Waals surface area contributed by atoms with E-state index in [1.807, 2.05) is 49.4 Å². The van der Waals surface area contributed by atoms with Crippen molar-refractivity contribution in [3.8, 4) is 11.8 Å². The summed E-state index contributed by atoms with van der Waals surface area (Å²) in [5.41, 5.74) is 4.38. The van der Waals surface area contributed by atoms with Crippen molar-refractivity contribution in [2.45, 2.75) is 19.9 Å². The molecule has 3 rings (SSSR count). The highest BCUT2D eigenvalue weighted by Crippen LogP contribution is 2.35. The number of benzene rings is 1. The summed E-state index contributed by atoms with van der Waals surface area (Å²) in [5.74, 6) is 0.750. The SMILES string of the molecule is CCn1c(C2=CC=C(CNS(C)(=O)=O)C=CC2)c(C#N)c2ccc(OC)cc21. The van der Waals surface area contributed by atoms with Crippen LogP contribution >= 0.6 is 0 Å². The molecule has 28 heavy (non-hydrogen) atoms. The van der Waals surface area contributed by atoms with Gasteiger partial charge in [0.15, 0.2) is 0 Å². The van der Waals surface area contributed by atoms with Crippen LogP contribution in [-0.2, 0) is 16.6 Å². The molecule has 1 heterocycles. The number of nitrogens with one attached hydrogen (secondary N) is 1. The summed E-state index contributed by atoms with van der Waals surface area (Å²) in [5, 5.41) is 10.7. The summed E-state index contributed by atoms with van der Waals surface area (Å²) in [7, 11) is -1.62. The number of sulfonamides is 1. The summed E-state index contributed by atoms with van der Waals surface area (Å²) in [6.07, 6.45) is 9.57. The van der Waals surface area contributed by atoms with Gasteiger partial charge in [0.05, 0.1) is 30.1 Å². The molecule has 1 aromatic carbocycles. The Morgan fingerprint density at radius 1 is 1.32 bits per heavy atom. The second kappa shape index (κ2) is 8.05. The van der Waals surface area contributed by atoms with Crippen molar-refractivity contribution in [3.63, 3.8) is 0 Å². The highest BCUT2D eigenvalue weighted by atomic mass is 32.2. The second-order valence-corrected chi connectivity index (χ2v) is 8.43. The molecule has 0 fully saturated rings. The van der Waals surface area contributed by atoms with E-state index >= 15 is 0 Å². The number of rotatable bonds is 6. The highest BCUT2D eigenvalue weighted by Gasteiger charge is 2.20. The number of aryl methyl sites for hydroxylation is 1. The van der Waals surface area contributed by atoms with E-state index in [4.69, 9.17) is 4.74 Å². The Labute approximate surface area is 165 Å². The zero-order valence-electron chi connectivity index (χ0n) is 16.2. The topological polar surface area (TPSA) is 84.1 Å². The van der Waals surface area contributed by atoms with Gasteiger partial charge in [-0.15, -0.1) is 0 Å². The Balaban J connectivity index is 2.10. The zero-order chi connectivity index (χ0) is 20.3. The van der Waals surface area contributed by atoms with Crippen molar-refractivity contribution >= 4 is 26.5 Å². The van der Waals surface area contributed by atoms with Gasteiger partial charge in [0.2, 0.25) is 10.0 Å². The van der Waals surface area contributed by atoms with E-state index in [9.17, 15) is 13.7 Å². The Morgan fingerprint density at radius 3 is 2.75 bits per heavy atom. The molecule has 0 bridgehead atoms. The van der Waals surface area contributed by atoms with Gasteiger partial charge in [-0.05, 0) is 36.6 Å². The molecule has 1 aliphatic rings.